The number of hydrogen-bond acceptors (Lipinski definition) is 3. The third-order valence-electron chi connectivity index (χ3n) is 2.99. The molecule has 104 valence electrons. The van der Waals surface area contributed by atoms with Crippen LogP contribution in [0.1, 0.15) is 18.1 Å². The Morgan fingerprint density at radius 3 is 2.58 bits per heavy atom. The first-order valence-electron chi connectivity index (χ1n) is 6.12. The van der Waals surface area contributed by atoms with Gasteiger partial charge < -0.3 is 15.3 Å². The van der Waals surface area contributed by atoms with Crippen molar-refractivity contribution in [3.05, 3.63) is 29.3 Å². The molecule has 0 radical (unpaired) electrons. The van der Waals surface area contributed by atoms with Crippen LogP contribution in [-0.2, 0) is 9.59 Å². The number of likely N-dealkylation sites (N-methyl/N-ethyl adjacent to an activating group) is 1. The van der Waals surface area contributed by atoms with Crippen molar-refractivity contribution in [1.29, 1.82) is 0 Å². The van der Waals surface area contributed by atoms with Gasteiger partial charge in [-0.25, -0.2) is 0 Å². The Balaban J connectivity index is 2.66. The van der Waals surface area contributed by atoms with Crippen molar-refractivity contribution < 1.29 is 14.7 Å². The monoisotopic (exact) mass is 264 g/mol. The van der Waals surface area contributed by atoms with Gasteiger partial charge in [0.2, 0.25) is 5.91 Å². The predicted molar refractivity (Wildman–Crippen MR) is 73.9 cm³/mol. The van der Waals surface area contributed by atoms with Crippen LogP contribution in [0.15, 0.2) is 18.2 Å². The highest BCUT2D eigenvalue weighted by molar-refractivity contribution is 5.95. The Kier molecular flexibility index (Phi) is 5.06. The van der Waals surface area contributed by atoms with Gasteiger partial charge in [0.25, 0.3) is 5.91 Å². The first kappa shape index (κ1) is 15.2. The van der Waals surface area contributed by atoms with E-state index in [0.717, 1.165) is 16.8 Å². The molecule has 1 rings (SSSR count). The lowest BCUT2D eigenvalue weighted by Crippen LogP contribution is -2.39. The molecule has 0 heterocycles. The molecule has 0 aliphatic carbocycles. The molecule has 2 N–H and O–H groups in total. The first-order chi connectivity index (χ1) is 8.82. The van der Waals surface area contributed by atoms with Crippen molar-refractivity contribution in [2.24, 2.45) is 0 Å². The molecule has 5 nitrogen and oxygen atoms in total. The molecule has 0 aliphatic rings. The number of carbonyl (C=O) groups is 2. The molecule has 1 unspecified atom stereocenters. The topological polar surface area (TPSA) is 69.6 Å². The van der Waals surface area contributed by atoms with Crippen molar-refractivity contribution in [2.75, 3.05) is 18.9 Å². The minimum absolute atomic E-state index is 0.0862. The standard InChI is InChI=1S/C14H20N2O3/c1-9-6-5-7-12(10(9)2)15-13(18)8-16(4)14(19)11(3)17/h5-7,11,17H,8H2,1-4H3,(H,15,18). The summed E-state index contributed by atoms with van der Waals surface area (Å²) in [4.78, 5) is 24.5. The quantitative estimate of drug-likeness (QED) is 0.855. The van der Waals surface area contributed by atoms with E-state index in [1.165, 1.54) is 18.9 Å². The summed E-state index contributed by atoms with van der Waals surface area (Å²) in [5.41, 5.74) is 2.83. The van der Waals surface area contributed by atoms with Crippen LogP contribution in [0.4, 0.5) is 5.69 Å². The lowest BCUT2D eigenvalue weighted by atomic mass is 10.1. The van der Waals surface area contributed by atoms with Crippen LogP contribution in [0, 0.1) is 13.8 Å². The van der Waals surface area contributed by atoms with Gasteiger partial charge in [0.1, 0.15) is 6.10 Å². The van der Waals surface area contributed by atoms with E-state index in [1.54, 1.807) is 0 Å². The summed E-state index contributed by atoms with van der Waals surface area (Å²) < 4.78 is 0. The summed E-state index contributed by atoms with van der Waals surface area (Å²) in [7, 11) is 1.48. The van der Waals surface area contributed by atoms with E-state index in [9.17, 15) is 9.59 Å². The second-order valence-electron chi connectivity index (χ2n) is 4.67. The van der Waals surface area contributed by atoms with E-state index in [-0.39, 0.29) is 12.5 Å². The minimum atomic E-state index is -1.10. The van der Waals surface area contributed by atoms with E-state index in [1.807, 2.05) is 32.0 Å². The maximum absolute atomic E-state index is 11.8. The van der Waals surface area contributed by atoms with Crippen LogP contribution in [0.3, 0.4) is 0 Å². The maximum Gasteiger partial charge on any atom is 0.251 e. The average Bonchev–Trinajstić information content (AvgIpc) is 2.33. The molecular weight excluding hydrogens is 244 g/mol. The lowest BCUT2D eigenvalue weighted by molar-refractivity contribution is -0.140. The highest BCUT2D eigenvalue weighted by Crippen LogP contribution is 2.17. The Hall–Kier alpha value is -1.88. The van der Waals surface area contributed by atoms with E-state index < -0.39 is 12.0 Å². The van der Waals surface area contributed by atoms with Gasteiger partial charge in [0.05, 0.1) is 6.54 Å². The smallest absolute Gasteiger partial charge is 0.251 e. The van der Waals surface area contributed by atoms with Crippen LogP contribution in [0.2, 0.25) is 0 Å². The molecule has 0 aliphatic heterocycles. The largest absolute Gasteiger partial charge is 0.384 e. The van der Waals surface area contributed by atoms with E-state index >= 15 is 0 Å². The average molecular weight is 264 g/mol. The Labute approximate surface area is 113 Å². The molecule has 0 fully saturated rings. The Bertz CT molecular complexity index is 484. The highest BCUT2D eigenvalue weighted by atomic mass is 16.3. The zero-order valence-electron chi connectivity index (χ0n) is 11.7. The Morgan fingerprint density at radius 2 is 2.00 bits per heavy atom. The highest BCUT2D eigenvalue weighted by Gasteiger charge is 2.17. The van der Waals surface area contributed by atoms with Crippen molar-refractivity contribution in [2.45, 2.75) is 26.9 Å². The molecule has 1 aromatic rings. The van der Waals surface area contributed by atoms with Crippen LogP contribution < -0.4 is 5.32 Å². The molecule has 1 aromatic carbocycles. The number of aliphatic hydroxyl groups is 1. The molecule has 5 heteroatoms. The number of rotatable bonds is 4. The zero-order chi connectivity index (χ0) is 14.6. The van der Waals surface area contributed by atoms with Crippen molar-refractivity contribution in [3.8, 4) is 0 Å². The number of aryl methyl sites for hydroxylation is 1. The fourth-order valence-electron chi connectivity index (χ4n) is 1.69. The fraction of sp³-hybridized carbons (Fsp3) is 0.429. The number of nitrogens with zero attached hydrogens (tertiary/aromatic N) is 1. The number of benzene rings is 1. The molecule has 2 amide bonds. The van der Waals surface area contributed by atoms with Gasteiger partial charge in [-0.1, -0.05) is 12.1 Å². The number of amides is 2. The summed E-state index contributed by atoms with van der Waals surface area (Å²) in [6.45, 7) is 5.18. The third kappa shape index (κ3) is 4.06. The van der Waals surface area contributed by atoms with Crippen LogP contribution in [0.5, 0.6) is 0 Å². The number of carbonyl (C=O) groups excluding carboxylic acids is 2. The lowest BCUT2D eigenvalue weighted by Gasteiger charge is -2.18. The minimum Gasteiger partial charge on any atom is -0.384 e. The second kappa shape index (κ2) is 6.33. The van der Waals surface area contributed by atoms with Crippen molar-refractivity contribution in [1.82, 2.24) is 4.90 Å². The molecule has 0 aromatic heterocycles. The molecule has 0 saturated heterocycles. The van der Waals surface area contributed by atoms with Gasteiger partial charge in [-0.15, -0.1) is 0 Å². The molecule has 1 atom stereocenters. The van der Waals surface area contributed by atoms with Crippen molar-refractivity contribution in [3.63, 3.8) is 0 Å². The summed E-state index contributed by atoms with van der Waals surface area (Å²) in [6.07, 6.45) is -1.10. The van der Waals surface area contributed by atoms with Gasteiger partial charge in [-0.05, 0) is 38.0 Å². The van der Waals surface area contributed by atoms with Gasteiger partial charge in [-0.2, -0.15) is 0 Å². The fourth-order valence-corrected chi connectivity index (χ4v) is 1.69. The number of nitrogens with one attached hydrogen (secondary N) is 1. The SMILES string of the molecule is Cc1cccc(NC(=O)CN(C)C(=O)C(C)O)c1C. The van der Waals surface area contributed by atoms with Gasteiger partial charge in [-0.3, -0.25) is 9.59 Å². The zero-order valence-corrected chi connectivity index (χ0v) is 11.7. The van der Waals surface area contributed by atoms with Crippen LogP contribution in [-0.4, -0.2) is 41.5 Å². The molecular formula is C14H20N2O3. The predicted octanol–water partition coefficient (Wildman–Crippen LogP) is 1.08. The van der Waals surface area contributed by atoms with E-state index in [4.69, 9.17) is 5.11 Å². The normalized spacial score (nSPS) is 11.8. The van der Waals surface area contributed by atoms with Gasteiger partial charge >= 0.3 is 0 Å². The summed E-state index contributed by atoms with van der Waals surface area (Å²) >= 11 is 0. The summed E-state index contributed by atoms with van der Waals surface area (Å²) in [5, 5.41) is 11.9. The number of anilines is 1. The van der Waals surface area contributed by atoms with Gasteiger partial charge in [0, 0.05) is 12.7 Å². The molecule has 0 bridgehead atoms. The van der Waals surface area contributed by atoms with E-state index in [0.29, 0.717) is 0 Å². The van der Waals surface area contributed by atoms with Gasteiger partial charge in [0.15, 0.2) is 0 Å². The maximum atomic E-state index is 11.8. The molecule has 0 spiro atoms. The summed E-state index contributed by atoms with van der Waals surface area (Å²) in [6, 6.07) is 5.65. The number of aliphatic hydroxyl groups excluding tert-OH is 1. The third-order valence-corrected chi connectivity index (χ3v) is 2.99. The first-order valence-corrected chi connectivity index (χ1v) is 6.12. The number of hydrogen-bond donors (Lipinski definition) is 2. The van der Waals surface area contributed by atoms with Crippen LogP contribution in [0.25, 0.3) is 0 Å². The summed E-state index contributed by atoms with van der Waals surface area (Å²) in [5.74, 6) is -0.763. The molecule has 19 heavy (non-hydrogen) atoms. The van der Waals surface area contributed by atoms with E-state index in [2.05, 4.69) is 5.32 Å². The van der Waals surface area contributed by atoms with Crippen LogP contribution >= 0.6 is 0 Å². The Morgan fingerprint density at radius 1 is 1.37 bits per heavy atom. The van der Waals surface area contributed by atoms with Crippen molar-refractivity contribution >= 4 is 17.5 Å². The molecule has 0 saturated carbocycles. The second-order valence-corrected chi connectivity index (χ2v) is 4.67.